The molecule has 0 spiro atoms. The molecule has 3 heteroatoms. The number of fused-ring (bicyclic) bond motifs is 1. The van der Waals surface area contributed by atoms with Crippen LogP contribution in [0.25, 0.3) is 10.9 Å². The zero-order chi connectivity index (χ0) is 8.55. The molecule has 0 unspecified atom stereocenters. The molecule has 0 amide bonds. The lowest BCUT2D eigenvalue weighted by molar-refractivity contribution is 1.26. The van der Waals surface area contributed by atoms with Gasteiger partial charge in [0.15, 0.2) is 0 Å². The quantitative estimate of drug-likeness (QED) is 0.768. The lowest BCUT2D eigenvalue weighted by Crippen LogP contribution is -1.74. The Bertz CT molecular complexity index is 406. The Morgan fingerprint density at radius 2 is 2.00 bits per heavy atom. The first kappa shape index (κ1) is 8.32. The number of halogens is 2. The molecular formula is C9H7Br2N. The van der Waals surface area contributed by atoms with Gasteiger partial charge in [-0.1, -0.05) is 34.1 Å². The Balaban J connectivity index is 2.78. The summed E-state index contributed by atoms with van der Waals surface area (Å²) in [6.07, 6.45) is 0. The Kier molecular flexibility index (Phi) is 2.24. The zero-order valence-electron chi connectivity index (χ0n) is 6.27. The normalized spacial score (nSPS) is 10.8. The predicted molar refractivity (Wildman–Crippen MR) is 58.6 cm³/mol. The van der Waals surface area contributed by atoms with Gasteiger partial charge in [-0.15, -0.1) is 0 Å². The second-order valence-corrected chi connectivity index (χ2v) is 3.95. The summed E-state index contributed by atoms with van der Waals surface area (Å²) in [4.78, 5) is 3.32. The van der Waals surface area contributed by atoms with Crippen molar-refractivity contribution in [2.24, 2.45) is 0 Å². The van der Waals surface area contributed by atoms with E-state index in [1.807, 2.05) is 12.1 Å². The van der Waals surface area contributed by atoms with Crippen molar-refractivity contribution in [3.8, 4) is 0 Å². The molecule has 12 heavy (non-hydrogen) atoms. The molecule has 0 bridgehead atoms. The first-order valence-corrected chi connectivity index (χ1v) is 5.55. The minimum atomic E-state index is 0.849. The number of alkyl halides is 1. The monoisotopic (exact) mass is 287 g/mol. The van der Waals surface area contributed by atoms with E-state index in [-0.39, 0.29) is 0 Å². The first-order valence-electron chi connectivity index (χ1n) is 3.64. The highest BCUT2D eigenvalue weighted by atomic mass is 79.9. The summed E-state index contributed by atoms with van der Waals surface area (Å²) in [6.45, 7) is 0. The molecule has 0 saturated heterocycles. The number of H-pyrrole nitrogens is 1. The summed E-state index contributed by atoms with van der Waals surface area (Å²) >= 11 is 6.98. The molecule has 0 aliphatic heterocycles. The molecule has 0 radical (unpaired) electrons. The molecule has 62 valence electrons. The van der Waals surface area contributed by atoms with E-state index in [0.717, 1.165) is 9.80 Å². The second-order valence-electron chi connectivity index (χ2n) is 2.60. The van der Waals surface area contributed by atoms with E-state index >= 15 is 0 Å². The van der Waals surface area contributed by atoms with Crippen LogP contribution < -0.4 is 0 Å². The number of hydrogen-bond acceptors (Lipinski definition) is 0. The van der Waals surface area contributed by atoms with Crippen molar-refractivity contribution < 1.29 is 0 Å². The summed E-state index contributed by atoms with van der Waals surface area (Å²) in [5.74, 6) is 0. The van der Waals surface area contributed by atoms with Crippen LogP contribution in [0, 0.1) is 0 Å². The lowest BCUT2D eigenvalue weighted by Gasteiger charge is -1.88. The average Bonchev–Trinajstić information content (AvgIpc) is 2.44. The maximum Gasteiger partial charge on any atom is 0.0470 e. The van der Waals surface area contributed by atoms with Crippen LogP contribution in [0.3, 0.4) is 0 Å². The highest BCUT2D eigenvalue weighted by Gasteiger charge is 2.05. The molecule has 1 N–H and O–H groups in total. The van der Waals surface area contributed by atoms with Crippen molar-refractivity contribution in [3.05, 3.63) is 34.4 Å². The fraction of sp³-hybridized carbons (Fsp3) is 0.111. The highest BCUT2D eigenvalue weighted by Crippen LogP contribution is 2.28. The standard InChI is InChI=1S/C9H7Br2N/c10-5-8-9(11)6-3-1-2-4-7(6)12-8/h1-4,12H,5H2. The van der Waals surface area contributed by atoms with Crippen LogP contribution in [0.15, 0.2) is 28.7 Å². The molecule has 1 heterocycles. The molecule has 1 nitrogen and oxygen atoms in total. The summed E-state index contributed by atoms with van der Waals surface area (Å²) < 4.78 is 1.16. The molecule has 0 fully saturated rings. The molecule has 2 rings (SSSR count). The Morgan fingerprint density at radius 3 is 2.67 bits per heavy atom. The van der Waals surface area contributed by atoms with Gasteiger partial charge in [0.25, 0.3) is 0 Å². The Morgan fingerprint density at radius 1 is 1.25 bits per heavy atom. The van der Waals surface area contributed by atoms with E-state index in [1.165, 1.54) is 16.6 Å². The Labute approximate surface area is 87.4 Å². The van der Waals surface area contributed by atoms with E-state index in [4.69, 9.17) is 0 Å². The second kappa shape index (κ2) is 3.23. The van der Waals surface area contributed by atoms with Crippen LogP contribution in [-0.2, 0) is 5.33 Å². The molecule has 0 atom stereocenters. The largest absolute Gasteiger partial charge is 0.357 e. The molecule has 1 aromatic heterocycles. The molecule has 1 aromatic carbocycles. The van der Waals surface area contributed by atoms with Crippen LogP contribution in [0.5, 0.6) is 0 Å². The van der Waals surface area contributed by atoms with Gasteiger partial charge in [-0.2, -0.15) is 0 Å². The summed E-state index contributed by atoms with van der Waals surface area (Å²) in [7, 11) is 0. The number of benzene rings is 1. The number of aromatic amines is 1. The molecule has 0 aliphatic rings. The minimum Gasteiger partial charge on any atom is -0.357 e. The van der Waals surface area contributed by atoms with Gasteiger partial charge in [-0.05, 0) is 22.0 Å². The van der Waals surface area contributed by atoms with Crippen molar-refractivity contribution in [2.45, 2.75) is 5.33 Å². The van der Waals surface area contributed by atoms with E-state index in [1.54, 1.807) is 0 Å². The van der Waals surface area contributed by atoms with E-state index in [2.05, 4.69) is 49.0 Å². The van der Waals surface area contributed by atoms with Crippen molar-refractivity contribution in [1.82, 2.24) is 4.98 Å². The molecule has 2 aromatic rings. The first-order chi connectivity index (χ1) is 5.83. The van der Waals surface area contributed by atoms with Crippen LogP contribution in [-0.4, -0.2) is 4.98 Å². The smallest absolute Gasteiger partial charge is 0.0470 e. The van der Waals surface area contributed by atoms with Crippen molar-refractivity contribution in [1.29, 1.82) is 0 Å². The van der Waals surface area contributed by atoms with Gasteiger partial charge in [-0.25, -0.2) is 0 Å². The number of rotatable bonds is 1. The maximum absolute atomic E-state index is 3.55. The SMILES string of the molecule is BrCc1[nH]c2ccccc2c1Br. The fourth-order valence-electron chi connectivity index (χ4n) is 1.26. The summed E-state index contributed by atoms with van der Waals surface area (Å²) in [5, 5.41) is 2.09. The van der Waals surface area contributed by atoms with Crippen LogP contribution >= 0.6 is 31.9 Å². The van der Waals surface area contributed by atoms with E-state index < -0.39 is 0 Å². The van der Waals surface area contributed by atoms with Gasteiger partial charge >= 0.3 is 0 Å². The van der Waals surface area contributed by atoms with E-state index in [9.17, 15) is 0 Å². The Hall–Kier alpha value is -0.280. The van der Waals surface area contributed by atoms with Gasteiger partial charge in [0.05, 0.1) is 0 Å². The minimum absolute atomic E-state index is 0.849. The highest BCUT2D eigenvalue weighted by molar-refractivity contribution is 9.11. The third-order valence-corrected chi connectivity index (χ3v) is 3.31. The van der Waals surface area contributed by atoms with Gasteiger partial charge in [0.2, 0.25) is 0 Å². The third-order valence-electron chi connectivity index (χ3n) is 1.85. The molecule has 0 aliphatic carbocycles. The van der Waals surface area contributed by atoms with Crippen LogP contribution in [0.2, 0.25) is 0 Å². The third kappa shape index (κ3) is 1.21. The van der Waals surface area contributed by atoms with Crippen molar-refractivity contribution in [3.63, 3.8) is 0 Å². The maximum atomic E-state index is 3.55. The van der Waals surface area contributed by atoms with E-state index in [0.29, 0.717) is 0 Å². The number of para-hydroxylation sites is 1. The molecule has 0 saturated carbocycles. The average molecular weight is 289 g/mol. The summed E-state index contributed by atoms with van der Waals surface area (Å²) in [5.41, 5.74) is 2.37. The van der Waals surface area contributed by atoms with Crippen LogP contribution in [0.4, 0.5) is 0 Å². The predicted octanol–water partition coefficient (Wildman–Crippen LogP) is 3.83. The van der Waals surface area contributed by atoms with Crippen molar-refractivity contribution in [2.75, 3.05) is 0 Å². The van der Waals surface area contributed by atoms with Gasteiger partial charge in [0.1, 0.15) is 0 Å². The lowest BCUT2D eigenvalue weighted by atomic mass is 10.2. The number of aromatic nitrogens is 1. The number of nitrogens with one attached hydrogen (secondary N) is 1. The zero-order valence-corrected chi connectivity index (χ0v) is 9.44. The summed E-state index contributed by atoms with van der Waals surface area (Å²) in [6, 6.07) is 8.25. The number of hydrogen-bond donors (Lipinski definition) is 1. The van der Waals surface area contributed by atoms with Gasteiger partial charge in [-0.3, -0.25) is 0 Å². The van der Waals surface area contributed by atoms with Crippen molar-refractivity contribution >= 4 is 42.8 Å². The topological polar surface area (TPSA) is 15.8 Å². The van der Waals surface area contributed by atoms with Gasteiger partial charge in [0, 0.05) is 26.4 Å². The van der Waals surface area contributed by atoms with Gasteiger partial charge < -0.3 is 4.98 Å². The fourth-order valence-corrected chi connectivity index (χ4v) is 2.64. The molecular weight excluding hydrogens is 282 g/mol. The van der Waals surface area contributed by atoms with Crippen LogP contribution in [0.1, 0.15) is 5.69 Å².